The second-order valence-electron chi connectivity index (χ2n) is 2.83. The van der Waals surface area contributed by atoms with Gasteiger partial charge in [-0.15, -0.1) is 0 Å². The fourth-order valence-electron chi connectivity index (χ4n) is 0.346. The molecule has 10 heavy (non-hydrogen) atoms. The quantitative estimate of drug-likeness (QED) is 0.462. The van der Waals surface area contributed by atoms with Crippen LogP contribution in [0, 0.1) is 0 Å². The molecule has 60 valence electrons. The number of ether oxygens (including phenoxy) is 1. The number of hydrogen-bond donors (Lipinski definition) is 0. The van der Waals surface area contributed by atoms with E-state index in [4.69, 9.17) is 27.9 Å². The number of carbonyl (C=O) groups is 1. The summed E-state index contributed by atoms with van der Waals surface area (Å²) in [5.41, 5.74) is -0.515. The molecule has 0 spiro atoms. The number of alkyl halides is 2. The van der Waals surface area contributed by atoms with E-state index in [9.17, 15) is 4.79 Å². The Hall–Kier alpha value is 0.0500. The highest BCUT2D eigenvalue weighted by molar-refractivity contribution is 6.52. The lowest BCUT2D eigenvalue weighted by Crippen LogP contribution is -2.26. The molecule has 0 aliphatic carbocycles. The third-order valence-electron chi connectivity index (χ3n) is 0.585. The maximum atomic E-state index is 10.7. The predicted molar refractivity (Wildman–Crippen MR) is 41.3 cm³/mol. The van der Waals surface area contributed by atoms with E-state index in [1.165, 1.54) is 0 Å². The minimum atomic E-state index is -1.08. The van der Waals surface area contributed by atoms with Crippen LogP contribution >= 0.6 is 23.2 Å². The van der Waals surface area contributed by atoms with Gasteiger partial charge in [-0.05, 0) is 20.8 Å². The SMILES string of the molecule is CC(C)(C)OC(=O)C(Cl)Cl. The van der Waals surface area contributed by atoms with Gasteiger partial charge in [-0.2, -0.15) is 0 Å². The maximum Gasteiger partial charge on any atom is 0.339 e. The molecule has 0 aromatic heterocycles. The number of rotatable bonds is 1. The zero-order valence-electron chi connectivity index (χ0n) is 6.15. The van der Waals surface area contributed by atoms with Crippen LogP contribution in [0.25, 0.3) is 0 Å². The minimum absolute atomic E-state index is 0.515. The Bertz CT molecular complexity index is 126. The molecule has 0 saturated heterocycles. The first kappa shape index (κ1) is 10.0. The third kappa shape index (κ3) is 4.89. The second-order valence-corrected chi connectivity index (χ2v) is 3.93. The molecule has 0 saturated carbocycles. The van der Waals surface area contributed by atoms with E-state index in [1.54, 1.807) is 20.8 Å². The fraction of sp³-hybridized carbons (Fsp3) is 0.833. The lowest BCUT2D eigenvalue weighted by atomic mass is 10.2. The Labute approximate surface area is 70.4 Å². The fourth-order valence-corrected chi connectivity index (χ4v) is 0.435. The first-order valence-corrected chi connectivity index (χ1v) is 3.71. The molecule has 0 unspecified atom stereocenters. The van der Waals surface area contributed by atoms with Crippen molar-refractivity contribution in [1.82, 2.24) is 0 Å². The van der Waals surface area contributed by atoms with Gasteiger partial charge in [0, 0.05) is 0 Å². The van der Waals surface area contributed by atoms with Gasteiger partial charge in [0.2, 0.25) is 4.84 Å². The van der Waals surface area contributed by atoms with Crippen molar-refractivity contribution in [3.05, 3.63) is 0 Å². The summed E-state index contributed by atoms with van der Waals surface area (Å²) in [5, 5.41) is 0. The molecule has 0 fully saturated rings. The van der Waals surface area contributed by atoms with Crippen LogP contribution in [-0.4, -0.2) is 16.4 Å². The van der Waals surface area contributed by atoms with E-state index in [2.05, 4.69) is 0 Å². The summed E-state index contributed by atoms with van der Waals surface area (Å²) in [5.74, 6) is -0.601. The maximum absolute atomic E-state index is 10.7. The molecule has 0 aromatic carbocycles. The van der Waals surface area contributed by atoms with E-state index >= 15 is 0 Å². The van der Waals surface area contributed by atoms with Gasteiger partial charge >= 0.3 is 5.97 Å². The zero-order chi connectivity index (χ0) is 8.36. The first-order valence-electron chi connectivity index (χ1n) is 2.84. The summed E-state index contributed by atoms with van der Waals surface area (Å²) in [4.78, 5) is 9.59. The van der Waals surface area contributed by atoms with E-state index in [0.29, 0.717) is 0 Å². The average molecular weight is 185 g/mol. The molecule has 0 radical (unpaired) electrons. The van der Waals surface area contributed by atoms with E-state index in [1.807, 2.05) is 0 Å². The van der Waals surface area contributed by atoms with Gasteiger partial charge in [-0.1, -0.05) is 23.2 Å². The monoisotopic (exact) mass is 184 g/mol. The molecular weight excluding hydrogens is 175 g/mol. The standard InChI is InChI=1S/C6H10Cl2O2/c1-6(2,3)10-5(9)4(7)8/h4H,1-3H3. The van der Waals surface area contributed by atoms with Crippen LogP contribution < -0.4 is 0 Å². The molecule has 0 aliphatic heterocycles. The Morgan fingerprint density at radius 2 is 1.80 bits per heavy atom. The highest BCUT2D eigenvalue weighted by Gasteiger charge is 2.20. The summed E-state index contributed by atoms with van der Waals surface area (Å²) in [6.45, 7) is 5.25. The summed E-state index contributed by atoms with van der Waals surface area (Å²) >= 11 is 10.5. The summed E-state index contributed by atoms with van der Waals surface area (Å²) < 4.78 is 4.80. The van der Waals surface area contributed by atoms with E-state index in [0.717, 1.165) is 0 Å². The van der Waals surface area contributed by atoms with Crippen LogP contribution in [0.15, 0.2) is 0 Å². The molecule has 0 atom stereocenters. The van der Waals surface area contributed by atoms with Crippen LogP contribution in [0.4, 0.5) is 0 Å². The summed E-state index contributed by atoms with van der Waals surface area (Å²) in [7, 11) is 0. The van der Waals surface area contributed by atoms with Gasteiger partial charge in [0.15, 0.2) is 0 Å². The van der Waals surface area contributed by atoms with E-state index in [-0.39, 0.29) is 0 Å². The van der Waals surface area contributed by atoms with E-state index < -0.39 is 16.4 Å². The smallest absolute Gasteiger partial charge is 0.339 e. The van der Waals surface area contributed by atoms with Crippen molar-refractivity contribution < 1.29 is 9.53 Å². The van der Waals surface area contributed by atoms with Crippen LogP contribution in [0.2, 0.25) is 0 Å². The highest BCUT2D eigenvalue weighted by atomic mass is 35.5. The van der Waals surface area contributed by atoms with Crippen LogP contribution in [0.1, 0.15) is 20.8 Å². The molecule has 0 bridgehead atoms. The number of esters is 1. The molecule has 0 aromatic rings. The topological polar surface area (TPSA) is 26.3 Å². The van der Waals surface area contributed by atoms with Crippen LogP contribution in [0.3, 0.4) is 0 Å². The van der Waals surface area contributed by atoms with Crippen molar-refractivity contribution >= 4 is 29.2 Å². The third-order valence-corrected chi connectivity index (χ3v) is 0.941. The lowest BCUT2D eigenvalue weighted by molar-refractivity contribution is -0.152. The van der Waals surface area contributed by atoms with Gasteiger partial charge in [0.1, 0.15) is 5.60 Å². The van der Waals surface area contributed by atoms with Crippen molar-refractivity contribution in [2.75, 3.05) is 0 Å². The van der Waals surface area contributed by atoms with Crippen molar-refractivity contribution in [3.63, 3.8) is 0 Å². The van der Waals surface area contributed by atoms with Crippen LogP contribution in [-0.2, 0) is 9.53 Å². The zero-order valence-corrected chi connectivity index (χ0v) is 7.66. The molecule has 0 aliphatic rings. The molecule has 4 heteroatoms. The normalized spacial score (nSPS) is 11.8. The second kappa shape index (κ2) is 3.44. The Morgan fingerprint density at radius 1 is 1.40 bits per heavy atom. The molecule has 2 nitrogen and oxygen atoms in total. The van der Waals surface area contributed by atoms with Crippen LogP contribution in [0.5, 0.6) is 0 Å². The summed E-state index contributed by atoms with van der Waals surface area (Å²) in [6, 6.07) is 0. The largest absolute Gasteiger partial charge is 0.458 e. The Kier molecular flexibility index (Phi) is 3.46. The van der Waals surface area contributed by atoms with Gasteiger partial charge in [-0.3, -0.25) is 0 Å². The van der Waals surface area contributed by atoms with Gasteiger partial charge in [-0.25, -0.2) is 4.79 Å². The molecule has 0 rings (SSSR count). The van der Waals surface area contributed by atoms with Crippen molar-refractivity contribution in [2.24, 2.45) is 0 Å². The lowest BCUT2D eigenvalue weighted by Gasteiger charge is -2.19. The van der Waals surface area contributed by atoms with Crippen molar-refractivity contribution in [1.29, 1.82) is 0 Å². The molecule has 0 heterocycles. The minimum Gasteiger partial charge on any atom is -0.458 e. The van der Waals surface area contributed by atoms with Gasteiger partial charge in [0.05, 0.1) is 0 Å². The Balaban J connectivity index is 3.81. The highest BCUT2D eigenvalue weighted by Crippen LogP contribution is 2.12. The number of halogens is 2. The number of hydrogen-bond acceptors (Lipinski definition) is 2. The Morgan fingerprint density at radius 3 is 1.90 bits per heavy atom. The summed E-state index contributed by atoms with van der Waals surface area (Å²) in [6.07, 6.45) is 0. The first-order chi connectivity index (χ1) is 4.33. The van der Waals surface area contributed by atoms with Crippen molar-refractivity contribution in [3.8, 4) is 0 Å². The molecular formula is C6H10Cl2O2. The van der Waals surface area contributed by atoms with Crippen molar-refractivity contribution in [2.45, 2.75) is 31.2 Å². The van der Waals surface area contributed by atoms with Gasteiger partial charge < -0.3 is 4.74 Å². The molecule has 0 N–H and O–H groups in total. The van der Waals surface area contributed by atoms with Gasteiger partial charge in [0.25, 0.3) is 0 Å². The predicted octanol–water partition coefficient (Wildman–Crippen LogP) is 2.13. The molecule has 0 amide bonds. The number of carbonyl (C=O) groups excluding carboxylic acids is 1. The average Bonchev–Trinajstić information content (AvgIpc) is 1.60.